The Morgan fingerprint density at radius 3 is 2.08 bits per heavy atom. The molecule has 0 spiro atoms. The minimum atomic E-state index is -5.41. The predicted octanol–water partition coefficient (Wildman–Crippen LogP) is -9.28. The van der Waals surface area contributed by atoms with Gasteiger partial charge in [-0.3, -0.25) is 0 Å². The second kappa shape index (κ2) is 8.08. The van der Waals surface area contributed by atoms with E-state index in [-0.39, 0.29) is 37.7 Å². The minimum Gasteiger partial charge on any atom is -0.780 e. The van der Waals surface area contributed by atoms with Crippen molar-refractivity contribution in [3.63, 3.8) is 0 Å². The van der Waals surface area contributed by atoms with Crippen molar-refractivity contribution in [1.29, 1.82) is 0 Å². The van der Waals surface area contributed by atoms with E-state index in [0.717, 1.165) is 0 Å². The molecule has 0 aromatic rings. The predicted molar refractivity (Wildman–Crippen MR) is 26.8 cm³/mol. The third kappa shape index (κ3) is 10.7. The smallest absolute Gasteiger partial charge is 0.780 e. The van der Waals surface area contributed by atoms with Crippen molar-refractivity contribution in [3.8, 4) is 0 Å². The number of carbonyl (C=O) groups excluding carboxylic acids is 1. The van der Waals surface area contributed by atoms with Crippen molar-refractivity contribution in [1.82, 2.24) is 0 Å². The van der Waals surface area contributed by atoms with Crippen LogP contribution in [0.3, 0.4) is 0 Å². The number of aliphatic hydroxyl groups is 2. The van der Waals surface area contributed by atoms with Gasteiger partial charge >= 0.3 is 43.7 Å². The normalized spacial score (nSPS) is 12.0. The van der Waals surface area contributed by atoms with Gasteiger partial charge in [-0.05, 0) is 0 Å². The molecule has 66 valence electrons. The zero-order chi connectivity index (χ0) is 9.07. The Kier molecular flexibility index (Phi) is 12.0. The van der Waals surface area contributed by atoms with Crippen LogP contribution in [0.25, 0.3) is 0 Å². The number of rotatable bonds is 3. The molecule has 0 fully saturated rings. The van der Waals surface area contributed by atoms with Crippen molar-refractivity contribution < 1.29 is 71.6 Å². The minimum absolute atomic E-state index is 0. The number of carbonyl (C=O) groups is 1. The maximum absolute atomic E-state index is 10.2. The Morgan fingerprint density at radius 1 is 1.46 bits per heavy atom. The van der Waals surface area contributed by atoms with E-state index in [2.05, 4.69) is 4.52 Å². The molecule has 0 radical (unpaired) electrons. The number of hydrogen-bond acceptors (Lipinski definition) is 7. The van der Waals surface area contributed by atoms with Gasteiger partial charge in [0.2, 0.25) is 0 Å². The largest absolute Gasteiger partial charge is 1.00 e. The molecule has 0 rings (SSSR count). The summed E-state index contributed by atoms with van der Waals surface area (Å²) in [7, 11) is -5.41. The molecule has 0 bridgehead atoms. The van der Waals surface area contributed by atoms with Gasteiger partial charge in [-0.2, -0.15) is 0 Å². The topological polar surface area (TPSA) is 130 Å². The monoisotopic (exact) mass is 198 g/mol. The zero-order valence-corrected chi connectivity index (χ0v) is 8.06. The molecular weight excluding hydrogens is 193 g/mol. The van der Waals surface area contributed by atoms with Gasteiger partial charge in [0.1, 0.15) is 7.82 Å². The maximum Gasteiger partial charge on any atom is 1.00 e. The van der Waals surface area contributed by atoms with Gasteiger partial charge in [0.25, 0.3) is 0 Å². The molecule has 7 nitrogen and oxygen atoms in total. The summed E-state index contributed by atoms with van der Waals surface area (Å²) in [6, 6.07) is 0. The van der Waals surface area contributed by atoms with Crippen molar-refractivity contribution >= 4 is 13.8 Å². The van der Waals surface area contributed by atoms with Gasteiger partial charge in [0.15, 0.2) is 6.10 Å². The van der Waals surface area contributed by atoms with Crippen molar-refractivity contribution in [3.05, 3.63) is 0 Å². The summed E-state index contributed by atoms with van der Waals surface area (Å²) < 4.78 is 12.9. The van der Waals surface area contributed by atoms with E-state index in [1.54, 1.807) is 0 Å². The third-order valence-corrected chi connectivity index (χ3v) is 1.05. The van der Waals surface area contributed by atoms with Gasteiger partial charge in [0.05, 0.1) is 6.61 Å². The number of aliphatic hydroxyl groups excluding tert-OH is 2. The van der Waals surface area contributed by atoms with E-state index in [9.17, 15) is 19.1 Å². The van der Waals surface area contributed by atoms with Crippen LogP contribution in [0, 0.1) is 0 Å². The average Bonchev–Trinajstić information content (AvgIpc) is 1.82. The summed E-state index contributed by atoms with van der Waals surface area (Å²) in [5.74, 6) is -1.68. The van der Waals surface area contributed by atoms with Crippen molar-refractivity contribution in [2.24, 2.45) is 0 Å². The molecule has 0 amide bonds. The van der Waals surface area contributed by atoms with E-state index in [0.29, 0.717) is 0 Å². The fraction of sp³-hybridized carbons (Fsp3) is 0.667. The van der Waals surface area contributed by atoms with Crippen LogP contribution in [-0.4, -0.2) is 28.9 Å². The van der Waals surface area contributed by atoms with E-state index in [1.807, 2.05) is 0 Å². The second-order valence-corrected chi connectivity index (χ2v) is 2.63. The number of hydrogen-bond donors (Lipinski definition) is 2. The van der Waals surface area contributed by atoms with E-state index in [4.69, 9.17) is 10.2 Å². The van der Waals surface area contributed by atoms with Crippen LogP contribution >= 0.6 is 7.82 Å². The van der Waals surface area contributed by atoms with Gasteiger partial charge in [-0.25, -0.2) is 4.79 Å². The fourth-order valence-electron chi connectivity index (χ4n) is 0.246. The van der Waals surface area contributed by atoms with E-state index < -0.39 is 26.5 Å². The summed E-state index contributed by atoms with van der Waals surface area (Å²) in [6.07, 6.45) is -1.99. The molecule has 0 aliphatic rings. The molecule has 1 unspecified atom stereocenters. The Labute approximate surface area is 98.1 Å². The van der Waals surface area contributed by atoms with Crippen LogP contribution in [0.15, 0.2) is 0 Å². The molecule has 0 aromatic carbocycles. The van der Waals surface area contributed by atoms with Gasteiger partial charge in [-0.1, -0.05) is 0 Å². The fourth-order valence-corrected chi connectivity index (χ4v) is 0.588. The molecule has 1 atom stereocenters. The summed E-state index contributed by atoms with van der Waals surface area (Å²) in [4.78, 5) is 29.6. The van der Waals surface area contributed by atoms with Crippen LogP contribution in [0.2, 0.25) is 0 Å². The third-order valence-electron chi connectivity index (χ3n) is 0.647. The SMILES string of the molecule is O=C(OP(=O)([O-])[O-])C(O)CO.[Li+].[Li+]. The molecule has 13 heavy (non-hydrogen) atoms. The average molecular weight is 198 g/mol. The molecule has 0 aliphatic carbocycles. The van der Waals surface area contributed by atoms with Crippen LogP contribution in [0.4, 0.5) is 0 Å². The van der Waals surface area contributed by atoms with E-state index in [1.165, 1.54) is 0 Å². The Morgan fingerprint density at radius 2 is 1.85 bits per heavy atom. The molecule has 0 aromatic heterocycles. The molecule has 0 heterocycles. The number of phosphoric ester groups is 1. The van der Waals surface area contributed by atoms with Crippen molar-refractivity contribution in [2.75, 3.05) is 6.61 Å². The van der Waals surface area contributed by atoms with Gasteiger partial charge < -0.3 is 29.1 Å². The summed E-state index contributed by atoms with van der Waals surface area (Å²) >= 11 is 0. The molecule has 10 heteroatoms. The van der Waals surface area contributed by atoms with E-state index >= 15 is 0 Å². The van der Waals surface area contributed by atoms with Crippen LogP contribution in [-0.2, 0) is 13.9 Å². The summed E-state index contributed by atoms with van der Waals surface area (Å²) in [6.45, 7) is -1.00. The molecule has 0 aliphatic heterocycles. The quantitative estimate of drug-likeness (QED) is 0.340. The van der Waals surface area contributed by atoms with Crippen molar-refractivity contribution in [2.45, 2.75) is 6.10 Å². The van der Waals surface area contributed by atoms with Gasteiger partial charge in [-0.15, -0.1) is 0 Å². The summed E-state index contributed by atoms with van der Waals surface area (Å²) in [5.41, 5.74) is 0. The first-order chi connectivity index (χ1) is 4.87. The molecule has 0 saturated carbocycles. The maximum atomic E-state index is 10.2. The Balaban J connectivity index is -0.000000500. The van der Waals surface area contributed by atoms with Gasteiger partial charge in [0, 0.05) is 0 Å². The zero-order valence-electron chi connectivity index (χ0n) is 7.17. The first kappa shape index (κ1) is 19.3. The van der Waals surface area contributed by atoms with Crippen LogP contribution < -0.4 is 47.5 Å². The number of phosphoric acid groups is 1. The first-order valence-electron chi connectivity index (χ1n) is 2.41. The Bertz CT molecular complexity index is 190. The molecule has 2 N–H and O–H groups in total. The standard InChI is InChI=1S/C3H7O7P.2Li/c4-1-2(5)3(6)10-11(7,8)9;;/h2,4-5H,1H2,(H2,7,8,9);;/q;2*+1/p-2. The van der Waals surface area contributed by atoms with Crippen LogP contribution in [0.5, 0.6) is 0 Å². The van der Waals surface area contributed by atoms with Crippen LogP contribution in [0.1, 0.15) is 0 Å². The summed E-state index contributed by atoms with van der Waals surface area (Å²) in [5, 5.41) is 16.4. The molecular formula is C3H5Li2O7P. The second-order valence-electron chi connectivity index (χ2n) is 1.56. The Hall–Kier alpha value is 0.735. The first-order valence-corrected chi connectivity index (χ1v) is 3.87. The molecule has 0 saturated heterocycles.